The smallest absolute Gasteiger partial charge is 0.221 e. The van der Waals surface area contributed by atoms with Crippen molar-refractivity contribution in [1.82, 2.24) is 4.90 Å². The number of carbonyl (C=O) groups is 1. The summed E-state index contributed by atoms with van der Waals surface area (Å²) in [6, 6.07) is 12.8. The second-order valence-electron chi connectivity index (χ2n) is 7.07. The van der Waals surface area contributed by atoms with Gasteiger partial charge in [0.25, 0.3) is 0 Å². The number of likely N-dealkylation sites (tertiary alicyclic amines) is 1. The molecule has 1 heterocycles. The fourth-order valence-corrected chi connectivity index (χ4v) is 4.11. The normalized spacial score (nSPS) is 22.2. The Morgan fingerprint density at radius 3 is 2.73 bits per heavy atom. The van der Waals surface area contributed by atoms with Crippen LogP contribution in [0, 0.1) is 5.82 Å². The van der Waals surface area contributed by atoms with Crippen molar-refractivity contribution in [3.63, 3.8) is 0 Å². The lowest BCUT2D eigenvalue weighted by Crippen LogP contribution is -2.38. The Morgan fingerprint density at radius 2 is 1.96 bits per heavy atom. The number of nitrogens with one attached hydrogen (secondary N) is 1. The van der Waals surface area contributed by atoms with Gasteiger partial charge in [-0.1, -0.05) is 18.2 Å². The van der Waals surface area contributed by atoms with E-state index in [2.05, 4.69) is 10.2 Å². The van der Waals surface area contributed by atoms with Crippen molar-refractivity contribution in [3.8, 4) is 5.75 Å². The number of hydrogen-bond acceptors (Lipinski definition) is 3. The zero-order valence-electron chi connectivity index (χ0n) is 14.9. The predicted molar refractivity (Wildman–Crippen MR) is 98.8 cm³/mol. The summed E-state index contributed by atoms with van der Waals surface area (Å²) in [5.41, 5.74) is 2.41. The number of benzene rings is 2. The molecule has 0 aromatic heterocycles. The van der Waals surface area contributed by atoms with Crippen molar-refractivity contribution in [2.24, 2.45) is 0 Å². The molecule has 1 saturated heterocycles. The Labute approximate surface area is 153 Å². The maximum absolute atomic E-state index is 14.3. The maximum atomic E-state index is 14.3. The number of amides is 1. The first-order valence-corrected chi connectivity index (χ1v) is 9.17. The molecule has 1 aliphatic heterocycles. The summed E-state index contributed by atoms with van der Waals surface area (Å²) < 4.78 is 20.7. The molecule has 1 N–H and O–H groups in total. The highest BCUT2D eigenvalue weighted by Crippen LogP contribution is 2.40. The minimum Gasteiger partial charge on any atom is -0.484 e. The minimum atomic E-state index is -0.202. The molecule has 0 bridgehead atoms. The molecule has 1 fully saturated rings. The van der Waals surface area contributed by atoms with Crippen LogP contribution in [0.1, 0.15) is 37.0 Å². The van der Waals surface area contributed by atoms with Crippen LogP contribution in [0.15, 0.2) is 42.5 Å². The summed E-state index contributed by atoms with van der Waals surface area (Å²) in [6.45, 7) is 3.55. The number of hydrogen-bond donors (Lipinski definition) is 1. The van der Waals surface area contributed by atoms with Gasteiger partial charge in [0, 0.05) is 24.2 Å². The lowest BCUT2D eigenvalue weighted by atomic mass is 10.1. The number of rotatable bonds is 4. The molecule has 2 aliphatic rings. The minimum absolute atomic E-state index is 0.120. The van der Waals surface area contributed by atoms with E-state index in [0.717, 1.165) is 24.2 Å². The van der Waals surface area contributed by atoms with Crippen molar-refractivity contribution in [1.29, 1.82) is 0 Å². The summed E-state index contributed by atoms with van der Waals surface area (Å²) in [5.74, 6) is 0.415. The van der Waals surface area contributed by atoms with Gasteiger partial charge < -0.3 is 10.1 Å². The number of nitrogens with zero attached hydrogens (tertiary/aromatic N) is 1. The molecule has 2 atom stereocenters. The Balaban J connectivity index is 1.64. The van der Waals surface area contributed by atoms with Crippen LogP contribution in [0.5, 0.6) is 5.75 Å². The lowest BCUT2D eigenvalue weighted by Gasteiger charge is -2.30. The summed E-state index contributed by atoms with van der Waals surface area (Å²) >= 11 is 0. The van der Waals surface area contributed by atoms with Gasteiger partial charge in [0.15, 0.2) is 0 Å². The molecule has 26 heavy (non-hydrogen) atoms. The third-order valence-corrected chi connectivity index (χ3v) is 5.25. The van der Waals surface area contributed by atoms with Crippen molar-refractivity contribution < 1.29 is 13.9 Å². The van der Waals surface area contributed by atoms with E-state index in [9.17, 15) is 9.18 Å². The van der Waals surface area contributed by atoms with E-state index in [1.54, 1.807) is 6.07 Å². The molecular weight excluding hydrogens is 331 g/mol. The average Bonchev–Trinajstić information content (AvgIpc) is 3.24. The summed E-state index contributed by atoms with van der Waals surface area (Å²) in [6.07, 6.45) is 2.84. The molecule has 1 aliphatic carbocycles. The van der Waals surface area contributed by atoms with Crippen LogP contribution in [0.2, 0.25) is 0 Å². The monoisotopic (exact) mass is 354 g/mol. The van der Waals surface area contributed by atoms with Gasteiger partial charge in [-0.3, -0.25) is 9.69 Å². The van der Waals surface area contributed by atoms with Gasteiger partial charge in [0.05, 0.1) is 6.04 Å². The molecule has 1 amide bonds. The first-order valence-electron chi connectivity index (χ1n) is 9.17. The standard InChI is InChI=1S/C21H23FN2O2/c1-14(25)23-15-6-4-7-16(12-15)26-21-17-8-5-9-19(22)18(17)13-20(21)24-10-2-3-11-24/h4-9,12,20-21H,2-3,10-11,13H2,1H3,(H,23,25)/t20-,21-/m0/s1. The van der Waals surface area contributed by atoms with Crippen LogP contribution in [0.4, 0.5) is 10.1 Å². The third kappa shape index (κ3) is 3.31. The van der Waals surface area contributed by atoms with Crippen LogP contribution >= 0.6 is 0 Å². The Bertz CT molecular complexity index is 817. The van der Waals surface area contributed by atoms with E-state index >= 15 is 0 Å². The van der Waals surface area contributed by atoms with Crippen LogP contribution in [0.3, 0.4) is 0 Å². The quantitative estimate of drug-likeness (QED) is 0.905. The van der Waals surface area contributed by atoms with Gasteiger partial charge in [-0.05, 0) is 56.1 Å². The first-order chi connectivity index (χ1) is 12.6. The molecule has 4 rings (SSSR count). The maximum Gasteiger partial charge on any atom is 0.221 e. The average molecular weight is 354 g/mol. The van der Waals surface area contributed by atoms with E-state index in [1.165, 1.54) is 25.8 Å². The largest absolute Gasteiger partial charge is 0.484 e. The molecule has 2 aromatic rings. The number of ether oxygens (including phenoxy) is 1. The topological polar surface area (TPSA) is 41.6 Å². The zero-order valence-corrected chi connectivity index (χ0v) is 14.9. The first kappa shape index (κ1) is 17.0. The van der Waals surface area contributed by atoms with Crippen molar-refractivity contribution in [3.05, 3.63) is 59.4 Å². The third-order valence-electron chi connectivity index (χ3n) is 5.25. The summed E-state index contributed by atoms with van der Waals surface area (Å²) in [5, 5.41) is 2.78. The van der Waals surface area contributed by atoms with Gasteiger partial charge >= 0.3 is 0 Å². The molecule has 2 aromatic carbocycles. The molecular formula is C21H23FN2O2. The lowest BCUT2D eigenvalue weighted by molar-refractivity contribution is -0.114. The van der Waals surface area contributed by atoms with Crippen molar-refractivity contribution in [2.45, 2.75) is 38.3 Å². The second kappa shape index (κ2) is 7.08. The molecule has 0 saturated carbocycles. The zero-order chi connectivity index (χ0) is 18.1. The van der Waals surface area contributed by atoms with Crippen LogP contribution < -0.4 is 10.1 Å². The Kier molecular flexibility index (Phi) is 4.64. The summed E-state index contributed by atoms with van der Waals surface area (Å²) in [7, 11) is 0. The predicted octanol–water partition coefficient (Wildman–Crippen LogP) is 3.92. The fourth-order valence-electron chi connectivity index (χ4n) is 4.11. The van der Waals surface area contributed by atoms with Crippen LogP contribution in [-0.2, 0) is 11.2 Å². The van der Waals surface area contributed by atoms with Crippen molar-refractivity contribution >= 4 is 11.6 Å². The summed E-state index contributed by atoms with van der Waals surface area (Å²) in [4.78, 5) is 13.7. The molecule has 136 valence electrons. The molecule has 0 radical (unpaired) electrons. The Hall–Kier alpha value is -2.40. The van der Waals surface area contributed by atoms with Gasteiger partial charge in [0.1, 0.15) is 17.7 Å². The number of carbonyl (C=O) groups excluding carboxylic acids is 1. The molecule has 4 nitrogen and oxygen atoms in total. The Morgan fingerprint density at radius 1 is 1.19 bits per heavy atom. The van der Waals surface area contributed by atoms with E-state index in [4.69, 9.17) is 4.74 Å². The van der Waals surface area contributed by atoms with Gasteiger partial charge in [-0.15, -0.1) is 0 Å². The number of halogens is 1. The fraction of sp³-hybridized carbons (Fsp3) is 0.381. The molecule has 0 unspecified atom stereocenters. The molecule has 5 heteroatoms. The molecule has 0 spiro atoms. The SMILES string of the molecule is CC(=O)Nc1cccc(O[C@H]2c3cccc(F)c3C[C@@H]2N2CCCC2)c1. The van der Waals surface area contributed by atoms with Crippen LogP contribution in [0.25, 0.3) is 0 Å². The van der Waals surface area contributed by atoms with Gasteiger partial charge in [-0.2, -0.15) is 0 Å². The van der Waals surface area contributed by atoms with E-state index in [0.29, 0.717) is 17.9 Å². The van der Waals surface area contributed by atoms with Crippen molar-refractivity contribution in [2.75, 3.05) is 18.4 Å². The second-order valence-corrected chi connectivity index (χ2v) is 7.07. The highest BCUT2D eigenvalue weighted by atomic mass is 19.1. The van der Waals surface area contributed by atoms with E-state index in [1.807, 2.05) is 30.3 Å². The van der Waals surface area contributed by atoms with E-state index < -0.39 is 0 Å². The van der Waals surface area contributed by atoms with Gasteiger partial charge in [-0.25, -0.2) is 4.39 Å². The van der Waals surface area contributed by atoms with E-state index in [-0.39, 0.29) is 23.9 Å². The van der Waals surface area contributed by atoms with Crippen LogP contribution in [-0.4, -0.2) is 29.9 Å². The number of fused-ring (bicyclic) bond motifs is 1. The highest BCUT2D eigenvalue weighted by molar-refractivity contribution is 5.88. The number of anilines is 1. The van der Waals surface area contributed by atoms with Gasteiger partial charge in [0.2, 0.25) is 5.91 Å². The highest BCUT2D eigenvalue weighted by Gasteiger charge is 2.40.